The first-order valence-electron chi connectivity index (χ1n) is 9.97. The van der Waals surface area contributed by atoms with Crippen molar-refractivity contribution in [3.8, 4) is 0 Å². The minimum Gasteiger partial charge on any atom is -0.382 e. The number of carbonyl (C=O) groups excluding carboxylic acids is 2. The van der Waals surface area contributed by atoms with Crippen LogP contribution in [0.5, 0.6) is 0 Å². The van der Waals surface area contributed by atoms with Gasteiger partial charge in [-0.1, -0.05) is 13.8 Å². The molecule has 4 aliphatic rings. The molecule has 1 N–H and O–H groups in total. The predicted octanol–water partition coefficient (Wildman–Crippen LogP) is 3.92. The van der Waals surface area contributed by atoms with E-state index >= 15 is 0 Å². The molecule has 0 aliphatic heterocycles. The van der Waals surface area contributed by atoms with E-state index in [1.807, 2.05) is 0 Å². The van der Waals surface area contributed by atoms with Gasteiger partial charge in [-0.25, -0.2) is 0 Å². The lowest BCUT2D eigenvalue weighted by Crippen LogP contribution is -2.58. The van der Waals surface area contributed by atoms with Gasteiger partial charge in [0.25, 0.3) is 0 Å². The number of fused-ring (bicyclic) bond motifs is 5. The molecule has 0 radical (unpaired) electrons. The maximum absolute atomic E-state index is 12.2. The largest absolute Gasteiger partial charge is 0.382 e. The maximum Gasteiger partial charge on any atom is 0.161 e. The summed E-state index contributed by atoms with van der Waals surface area (Å²) in [7, 11) is 0. The molecule has 4 fully saturated rings. The molecule has 4 saturated carbocycles. The van der Waals surface area contributed by atoms with Crippen LogP contribution in [0.15, 0.2) is 0 Å². The van der Waals surface area contributed by atoms with Crippen molar-refractivity contribution in [1.29, 1.82) is 0 Å². The van der Waals surface area contributed by atoms with E-state index in [4.69, 9.17) is 0 Å². The van der Waals surface area contributed by atoms with Crippen LogP contribution >= 0.6 is 0 Å². The van der Waals surface area contributed by atoms with Gasteiger partial charge in [0.1, 0.15) is 11.4 Å². The van der Waals surface area contributed by atoms with Crippen molar-refractivity contribution in [3.63, 3.8) is 0 Å². The number of Topliss-reactive ketones (excluding diaryl/α,β-unsaturated/α-hetero) is 2. The average molecular weight is 332 g/mol. The zero-order valence-corrected chi connectivity index (χ0v) is 15.4. The molecule has 3 heteroatoms. The van der Waals surface area contributed by atoms with Crippen molar-refractivity contribution in [1.82, 2.24) is 0 Å². The topological polar surface area (TPSA) is 54.4 Å². The summed E-state index contributed by atoms with van der Waals surface area (Å²) in [5, 5.41) is 11.2. The zero-order chi connectivity index (χ0) is 17.3. The minimum absolute atomic E-state index is 0.0332. The Hall–Kier alpha value is -0.700. The van der Waals surface area contributed by atoms with Crippen LogP contribution in [0.4, 0.5) is 0 Å². The van der Waals surface area contributed by atoms with E-state index < -0.39 is 5.60 Å². The highest BCUT2D eigenvalue weighted by Crippen LogP contribution is 2.68. The van der Waals surface area contributed by atoms with Crippen molar-refractivity contribution < 1.29 is 14.7 Å². The summed E-state index contributed by atoms with van der Waals surface area (Å²) in [5.41, 5.74) is -1.05. The average Bonchev–Trinajstić information content (AvgIpc) is 2.81. The Balaban J connectivity index is 1.66. The highest BCUT2D eigenvalue weighted by atomic mass is 16.3. The van der Waals surface area contributed by atoms with Crippen LogP contribution in [-0.4, -0.2) is 22.3 Å². The van der Waals surface area contributed by atoms with E-state index in [2.05, 4.69) is 13.8 Å². The van der Waals surface area contributed by atoms with Crippen LogP contribution < -0.4 is 0 Å². The molecule has 0 spiro atoms. The molecule has 134 valence electrons. The third kappa shape index (κ3) is 1.94. The van der Waals surface area contributed by atoms with Crippen molar-refractivity contribution in [2.45, 2.75) is 84.2 Å². The summed E-state index contributed by atoms with van der Waals surface area (Å²) in [6.07, 6.45) is 8.67. The molecule has 3 nitrogen and oxygen atoms in total. The normalized spacial score (nSPS) is 53.9. The van der Waals surface area contributed by atoms with Crippen molar-refractivity contribution in [3.05, 3.63) is 0 Å². The van der Waals surface area contributed by atoms with Crippen LogP contribution in [0, 0.1) is 34.5 Å². The Labute approximate surface area is 145 Å². The molecule has 0 heterocycles. The molecule has 0 aromatic heterocycles. The second kappa shape index (κ2) is 5.16. The summed E-state index contributed by atoms with van der Waals surface area (Å²) in [6.45, 7) is 6.20. The van der Waals surface area contributed by atoms with Gasteiger partial charge in [0.2, 0.25) is 0 Å². The molecule has 7 atom stereocenters. The summed E-state index contributed by atoms with van der Waals surface area (Å²) in [5.74, 6) is 2.78. The Morgan fingerprint density at radius 1 is 1.04 bits per heavy atom. The Morgan fingerprint density at radius 2 is 1.75 bits per heavy atom. The van der Waals surface area contributed by atoms with Gasteiger partial charge in [0, 0.05) is 18.3 Å². The fourth-order valence-electron chi connectivity index (χ4n) is 7.64. The van der Waals surface area contributed by atoms with Gasteiger partial charge in [-0.05, 0) is 81.0 Å². The van der Waals surface area contributed by atoms with E-state index in [1.165, 1.54) is 6.42 Å². The predicted molar refractivity (Wildman–Crippen MR) is 92.4 cm³/mol. The SMILES string of the molecule is CC(=O)[C@@]1(O)CC[C@H]2[C@@H]3CC[C@H]4CC(=O)CC[C@@]4(C)[C@H]3CC[C@]21C. The maximum atomic E-state index is 12.2. The van der Waals surface area contributed by atoms with Crippen LogP contribution in [-0.2, 0) is 9.59 Å². The standard InChI is InChI=1S/C21H32O3/c1-13(22)21(24)11-8-18-16-5-4-14-12-15(23)6-9-19(14,2)17(16)7-10-20(18,21)3/h14,16-18,24H,4-12H2,1-3H3/t14-,16+,17-,18-,19+,20+,21-/m0/s1. The highest BCUT2D eigenvalue weighted by molar-refractivity contribution is 5.86. The summed E-state index contributed by atoms with van der Waals surface area (Å²) >= 11 is 0. The summed E-state index contributed by atoms with van der Waals surface area (Å²) in [6, 6.07) is 0. The third-order valence-corrected chi connectivity index (χ3v) is 9.22. The minimum atomic E-state index is -1.11. The number of aliphatic hydroxyl groups is 1. The molecule has 0 aromatic rings. The van der Waals surface area contributed by atoms with Crippen LogP contribution in [0.1, 0.15) is 78.6 Å². The van der Waals surface area contributed by atoms with Gasteiger partial charge >= 0.3 is 0 Å². The molecule has 0 bridgehead atoms. The first-order valence-corrected chi connectivity index (χ1v) is 9.97. The number of carbonyl (C=O) groups is 2. The number of rotatable bonds is 1. The van der Waals surface area contributed by atoms with Crippen molar-refractivity contribution in [2.75, 3.05) is 0 Å². The van der Waals surface area contributed by atoms with Crippen molar-refractivity contribution in [2.24, 2.45) is 34.5 Å². The Kier molecular flexibility index (Phi) is 3.60. The van der Waals surface area contributed by atoms with Gasteiger partial charge in [-0.15, -0.1) is 0 Å². The smallest absolute Gasteiger partial charge is 0.161 e. The van der Waals surface area contributed by atoms with Crippen molar-refractivity contribution >= 4 is 11.6 Å². The van der Waals surface area contributed by atoms with E-state index in [1.54, 1.807) is 6.92 Å². The molecule has 24 heavy (non-hydrogen) atoms. The van der Waals surface area contributed by atoms with Gasteiger partial charge in [0.15, 0.2) is 5.78 Å². The lowest BCUT2D eigenvalue weighted by Gasteiger charge is -2.60. The van der Waals surface area contributed by atoms with Gasteiger partial charge in [-0.3, -0.25) is 9.59 Å². The molecule has 0 amide bonds. The van der Waals surface area contributed by atoms with E-state index in [-0.39, 0.29) is 11.2 Å². The fraction of sp³-hybridized carbons (Fsp3) is 0.905. The van der Waals surface area contributed by atoms with Crippen LogP contribution in [0.25, 0.3) is 0 Å². The first-order chi connectivity index (χ1) is 11.2. The van der Waals surface area contributed by atoms with E-state index in [0.29, 0.717) is 41.3 Å². The monoisotopic (exact) mass is 332 g/mol. The fourth-order valence-corrected chi connectivity index (χ4v) is 7.64. The van der Waals surface area contributed by atoms with Gasteiger partial charge in [0.05, 0.1) is 0 Å². The molecular weight excluding hydrogens is 300 g/mol. The number of ketones is 2. The Bertz CT molecular complexity index is 584. The highest BCUT2D eigenvalue weighted by Gasteiger charge is 2.65. The van der Waals surface area contributed by atoms with E-state index in [9.17, 15) is 14.7 Å². The Morgan fingerprint density at radius 3 is 2.46 bits per heavy atom. The molecule has 0 unspecified atom stereocenters. The number of hydrogen-bond acceptors (Lipinski definition) is 3. The molecular formula is C21H32O3. The second-order valence-corrected chi connectivity index (χ2v) is 9.81. The molecule has 4 rings (SSSR count). The third-order valence-electron chi connectivity index (χ3n) is 9.22. The zero-order valence-electron chi connectivity index (χ0n) is 15.4. The second-order valence-electron chi connectivity index (χ2n) is 9.81. The van der Waals surface area contributed by atoms with E-state index in [0.717, 1.165) is 44.9 Å². The summed E-state index contributed by atoms with van der Waals surface area (Å²) < 4.78 is 0. The van der Waals surface area contributed by atoms with Crippen LogP contribution in [0.2, 0.25) is 0 Å². The van der Waals surface area contributed by atoms with Gasteiger partial charge < -0.3 is 5.11 Å². The first kappa shape index (κ1) is 16.8. The van der Waals surface area contributed by atoms with Crippen LogP contribution in [0.3, 0.4) is 0 Å². The van der Waals surface area contributed by atoms with Gasteiger partial charge in [-0.2, -0.15) is 0 Å². The quantitative estimate of drug-likeness (QED) is 0.792. The molecule has 4 aliphatic carbocycles. The lowest BCUT2D eigenvalue weighted by molar-refractivity contribution is -0.169. The summed E-state index contributed by atoms with van der Waals surface area (Å²) in [4.78, 5) is 24.2. The molecule has 0 aromatic carbocycles. The number of hydrogen-bond donors (Lipinski definition) is 1. The molecule has 0 saturated heterocycles. The lowest BCUT2D eigenvalue weighted by atomic mass is 9.44.